The minimum atomic E-state index is -1.32. The summed E-state index contributed by atoms with van der Waals surface area (Å²) in [6.45, 7) is 2.06. The number of benzene rings is 3. The Hall–Kier alpha value is -5.40. The lowest BCUT2D eigenvalue weighted by Gasteiger charge is -2.12. The van der Waals surface area contributed by atoms with Crippen molar-refractivity contribution >= 4 is 39.8 Å². The molecule has 2 heterocycles. The number of rotatable bonds is 11. The van der Waals surface area contributed by atoms with Gasteiger partial charge in [0.2, 0.25) is 5.91 Å². The minimum absolute atomic E-state index is 0.0117. The second-order valence-corrected chi connectivity index (χ2v) is 10.0. The van der Waals surface area contributed by atoms with Crippen LogP contribution < -0.4 is 21.1 Å². The molecule has 5 aromatic rings. The predicted octanol–water partition coefficient (Wildman–Crippen LogP) is 3.43. The van der Waals surface area contributed by atoms with Gasteiger partial charge in [0.1, 0.15) is 35.0 Å². The number of nitrogens with zero attached hydrogens (tertiary/aromatic N) is 3. The number of hydrogen-bond acceptors (Lipinski definition) is 6. The van der Waals surface area contributed by atoms with Crippen LogP contribution in [0, 0.1) is 17.5 Å². The van der Waals surface area contributed by atoms with Crippen LogP contribution in [0.15, 0.2) is 48.5 Å². The summed E-state index contributed by atoms with van der Waals surface area (Å²) in [5.74, 6) is -4.36. The van der Waals surface area contributed by atoms with Gasteiger partial charge in [-0.25, -0.2) is 23.1 Å². The van der Waals surface area contributed by atoms with Crippen molar-refractivity contribution < 1.29 is 32.3 Å². The van der Waals surface area contributed by atoms with Crippen LogP contribution in [0.2, 0.25) is 0 Å². The summed E-state index contributed by atoms with van der Waals surface area (Å²) in [6, 6.07) is 12.0. The van der Waals surface area contributed by atoms with Gasteiger partial charge < -0.3 is 30.7 Å². The zero-order valence-corrected chi connectivity index (χ0v) is 23.7. The Balaban J connectivity index is 1.24. The highest BCUT2D eigenvalue weighted by Crippen LogP contribution is 2.29. The predicted molar refractivity (Wildman–Crippen MR) is 155 cm³/mol. The number of H-pyrrole nitrogens is 1. The average Bonchev–Trinajstić information content (AvgIpc) is 3.60. The Kier molecular flexibility index (Phi) is 8.51. The maximum Gasteiger partial charge on any atom is 0.255 e. The molecule has 44 heavy (non-hydrogen) atoms. The van der Waals surface area contributed by atoms with E-state index in [1.165, 1.54) is 0 Å². The molecule has 0 spiro atoms. The van der Waals surface area contributed by atoms with E-state index in [4.69, 9.17) is 10.5 Å². The van der Waals surface area contributed by atoms with Gasteiger partial charge in [-0.05, 0) is 37.3 Å². The van der Waals surface area contributed by atoms with E-state index >= 15 is 0 Å². The molecule has 1 unspecified atom stereocenters. The molecule has 3 amide bonds. The third-order valence-corrected chi connectivity index (χ3v) is 7.04. The average molecular weight is 608 g/mol. The van der Waals surface area contributed by atoms with E-state index in [1.807, 2.05) is 0 Å². The molecule has 11 nitrogen and oxygen atoms in total. The number of nitrogens with two attached hydrogens (primary N) is 1. The van der Waals surface area contributed by atoms with Crippen molar-refractivity contribution in [3.8, 4) is 5.75 Å². The van der Waals surface area contributed by atoms with Crippen LogP contribution in [0.25, 0.3) is 22.1 Å². The molecule has 0 bridgehead atoms. The Labute approximate surface area is 248 Å². The lowest BCUT2D eigenvalue weighted by Crippen LogP contribution is -2.29. The first kappa shape index (κ1) is 30.1. The van der Waals surface area contributed by atoms with Crippen LogP contribution >= 0.6 is 0 Å². The van der Waals surface area contributed by atoms with E-state index in [-0.39, 0.29) is 54.4 Å². The van der Waals surface area contributed by atoms with Crippen LogP contribution in [-0.4, -0.2) is 56.9 Å². The number of aromatic amines is 1. The van der Waals surface area contributed by atoms with Crippen LogP contribution in [0.4, 0.5) is 13.2 Å². The van der Waals surface area contributed by atoms with Gasteiger partial charge in [0.25, 0.3) is 11.8 Å². The number of hydrogen-bond donors (Lipinski definition) is 4. The Morgan fingerprint density at radius 3 is 2.52 bits per heavy atom. The first-order chi connectivity index (χ1) is 21.0. The van der Waals surface area contributed by atoms with E-state index in [0.717, 1.165) is 0 Å². The zero-order chi connectivity index (χ0) is 31.5. The molecule has 228 valence electrons. The maximum atomic E-state index is 14.2. The summed E-state index contributed by atoms with van der Waals surface area (Å²) in [7, 11) is 1.74. The molecule has 0 saturated carbocycles. The number of carbonyl (C=O) groups excluding carboxylic acids is 3. The number of imidazole rings is 2. The molecule has 3 aromatic carbocycles. The van der Waals surface area contributed by atoms with Crippen molar-refractivity contribution in [1.29, 1.82) is 0 Å². The van der Waals surface area contributed by atoms with Crippen molar-refractivity contribution in [2.24, 2.45) is 12.8 Å². The fourth-order valence-corrected chi connectivity index (χ4v) is 4.75. The largest absolute Gasteiger partial charge is 0.491 e. The van der Waals surface area contributed by atoms with Gasteiger partial charge in [-0.1, -0.05) is 12.1 Å². The van der Waals surface area contributed by atoms with Gasteiger partial charge in [0.15, 0.2) is 17.5 Å². The smallest absolute Gasteiger partial charge is 0.255 e. The number of halogens is 3. The molecule has 5 N–H and O–H groups in total. The van der Waals surface area contributed by atoms with Crippen LogP contribution in [0.3, 0.4) is 0 Å². The summed E-state index contributed by atoms with van der Waals surface area (Å²) >= 11 is 0. The van der Waals surface area contributed by atoms with E-state index in [0.29, 0.717) is 34.2 Å². The third-order valence-electron chi connectivity index (χ3n) is 7.04. The quantitative estimate of drug-likeness (QED) is 0.133. The molecule has 0 aliphatic heterocycles. The van der Waals surface area contributed by atoms with Crippen molar-refractivity contribution in [3.05, 3.63) is 88.8 Å². The molecule has 0 aliphatic carbocycles. The van der Waals surface area contributed by atoms with Gasteiger partial charge in [-0.2, -0.15) is 0 Å². The number of aromatic nitrogens is 4. The highest BCUT2D eigenvalue weighted by atomic mass is 19.2. The van der Waals surface area contributed by atoms with Crippen LogP contribution in [-0.2, 0) is 11.8 Å². The van der Waals surface area contributed by atoms with Crippen molar-refractivity contribution in [2.45, 2.75) is 19.3 Å². The number of carbonyl (C=O) groups is 3. The molecule has 0 radical (unpaired) electrons. The van der Waals surface area contributed by atoms with Gasteiger partial charge in [0, 0.05) is 31.6 Å². The Morgan fingerprint density at radius 1 is 1.00 bits per heavy atom. The molecule has 2 aromatic heterocycles. The SMILES string of the molecule is CC(c1nc2c(F)cc(F)c(F)c2[nH]1)c1nc2ccc(C(=O)NCCOc3ccccc3C(=O)NCCC(N)=O)cc2n1C. The molecular weight excluding hydrogens is 579 g/mol. The van der Waals surface area contributed by atoms with Gasteiger partial charge in [-0.15, -0.1) is 0 Å². The van der Waals surface area contributed by atoms with E-state index in [2.05, 4.69) is 25.6 Å². The number of ether oxygens (including phenoxy) is 1. The standard InChI is InChI=1S/C30H28F3N7O4/c1-15(27-38-25-19(32)14-18(31)24(33)26(25)39-27)28-37-20-8-7-16(13-21(20)40(28)2)29(42)36-11-12-44-22-6-4-3-5-17(22)30(43)35-10-9-23(34)41/h3-8,13-15H,9-12H2,1-2H3,(H2,34,41)(H,35,43)(H,36,42)(H,38,39). The summed E-state index contributed by atoms with van der Waals surface area (Å²) in [6.07, 6.45) is 0.0117. The molecule has 1 atom stereocenters. The molecular formula is C30H28F3N7O4. The number of amides is 3. The number of para-hydroxylation sites is 1. The normalized spacial score (nSPS) is 11.9. The zero-order valence-electron chi connectivity index (χ0n) is 23.7. The number of fused-ring (bicyclic) bond motifs is 2. The topological polar surface area (TPSA) is 157 Å². The first-order valence-corrected chi connectivity index (χ1v) is 13.6. The summed E-state index contributed by atoms with van der Waals surface area (Å²) in [5.41, 5.74) is 6.28. The fourth-order valence-electron chi connectivity index (χ4n) is 4.75. The van der Waals surface area contributed by atoms with Gasteiger partial charge in [-0.3, -0.25) is 14.4 Å². The van der Waals surface area contributed by atoms with Crippen LogP contribution in [0.1, 0.15) is 51.6 Å². The second kappa shape index (κ2) is 12.5. The third kappa shape index (κ3) is 6.04. The molecule has 0 saturated heterocycles. The summed E-state index contributed by atoms with van der Waals surface area (Å²) < 4.78 is 49.6. The number of aryl methyl sites for hydroxylation is 1. The van der Waals surface area contributed by atoms with E-state index in [1.54, 1.807) is 61.0 Å². The molecule has 0 aliphatic rings. The van der Waals surface area contributed by atoms with Crippen molar-refractivity contribution in [1.82, 2.24) is 30.2 Å². The monoisotopic (exact) mass is 607 g/mol. The Morgan fingerprint density at radius 2 is 1.75 bits per heavy atom. The Bertz CT molecular complexity index is 1900. The highest BCUT2D eigenvalue weighted by Gasteiger charge is 2.23. The summed E-state index contributed by atoms with van der Waals surface area (Å²) in [4.78, 5) is 47.7. The molecule has 5 rings (SSSR count). The maximum absolute atomic E-state index is 14.2. The number of nitrogens with one attached hydrogen (secondary N) is 3. The van der Waals surface area contributed by atoms with E-state index < -0.39 is 35.2 Å². The second-order valence-electron chi connectivity index (χ2n) is 10.0. The first-order valence-electron chi connectivity index (χ1n) is 13.6. The molecule has 0 fully saturated rings. The lowest BCUT2D eigenvalue weighted by atomic mass is 10.1. The van der Waals surface area contributed by atoms with E-state index in [9.17, 15) is 27.6 Å². The van der Waals surface area contributed by atoms with Gasteiger partial charge in [0.05, 0.1) is 29.1 Å². The fraction of sp³-hybridized carbons (Fsp3) is 0.233. The molecule has 14 heteroatoms. The summed E-state index contributed by atoms with van der Waals surface area (Å²) in [5, 5.41) is 5.38. The number of primary amides is 1. The van der Waals surface area contributed by atoms with Gasteiger partial charge >= 0.3 is 0 Å². The van der Waals surface area contributed by atoms with Crippen LogP contribution in [0.5, 0.6) is 5.75 Å². The van der Waals surface area contributed by atoms with Crippen molar-refractivity contribution in [3.63, 3.8) is 0 Å². The van der Waals surface area contributed by atoms with Crippen molar-refractivity contribution in [2.75, 3.05) is 19.7 Å². The highest BCUT2D eigenvalue weighted by molar-refractivity contribution is 5.98. The minimum Gasteiger partial charge on any atom is -0.491 e. The lowest BCUT2D eigenvalue weighted by molar-refractivity contribution is -0.117.